The number of benzene rings is 2. The van der Waals surface area contributed by atoms with E-state index in [-0.39, 0.29) is 22.4 Å². The topological polar surface area (TPSA) is 21.7 Å². The number of nitrogens with zero attached hydrogens (tertiary/aromatic N) is 3. The first kappa shape index (κ1) is 22.4. The maximum atomic E-state index is 4.86. The van der Waals surface area contributed by atoms with Crippen LogP contribution >= 0.6 is 0 Å². The third-order valence-electron chi connectivity index (χ3n) is 5.04. The van der Waals surface area contributed by atoms with Crippen LogP contribution in [0.5, 0.6) is 0 Å². The van der Waals surface area contributed by atoms with E-state index in [1.807, 2.05) is 4.68 Å². The first-order chi connectivity index (χ1) is 12.9. The Labute approximate surface area is 180 Å². The molecule has 0 spiro atoms. The molecule has 3 rings (SSSR count). The molecule has 0 aliphatic heterocycles. The molecule has 1 aromatic heterocycles. The van der Waals surface area contributed by atoms with E-state index in [0.717, 1.165) is 18.7 Å². The quantitative estimate of drug-likeness (QED) is 0.537. The van der Waals surface area contributed by atoms with E-state index < -0.39 is 0 Å². The first-order valence-electron chi connectivity index (χ1n) is 10.0. The molecule has 150 valence electrons. The van der Waals surface area contributed by atoms with E-state index in [1.54, 1.807) is 0 Å². The van der Waals surface area contributed by atoms with Gasteiger partial charge in [0.2, 0.25) is 0 Å². The largest absolute Gasteiger partial charge is 1.00 e. The summed E-state index contributed by atoms with van der Waals surface area (Å²) >= 11 is 0. The fourth-order valence-corrected chi connectivity index (χ4v) is 3.20. The van der Waals surface area contributed by atoms with E-state index in [1.165, 1.54) is 35.2 Å². The van der Waals surface area contributed by atoms with Crippen LogP contribution in [-0.4, -0.2) is 9.90 Å². The molecule has 28 heavy (non-hydrogen) atoms. The molecule has 0 unspecified atom stereocenters. The van der Waals surface area contributed by atoms with Gasteiger partial charge in [0.25, 0.3) is 0 Å². The number of aromatic nitrogens is 3. The van der Waals surface area contributed by atoms with E-state index >= 15 is 0 Å². The van der Waals surface area contributed by atoms with Crippen molar-refractivity contribution in [3.8, 4) is 5.69 Å². The van der Waals surface area contributed by atoms with Crippen LogP contribution in [0.15, 0.2) is 54.7 Å². The van der Waals surface area contributed by atoms with Gasteiger partial charge < -0.3 is 17.0 Å². The number of rotatable bonds is 6. The lowest BCUT2D eigenvalue weighted by atomic mass is 9.87. The maximum Gasteiger partial charge on any atom is 0.168 e. The lowest BCUT2D eigenvalue weighted by Crippen LogP contribution is -3.00. The highest BCUT2D eigenvalue weighted by molar-refractivity contribution is 5.28. The number of aryl methyl sites for hydroxylation is 2. The zero-order valence-corrected chi connectivity index (χ0v) is 19.3. The molecule has 3 aromatic rings. The Balaban J connectivity index is 0.00000280. The van der Waals surface area contributed by atoms with Crippen molar-refractivity contribution in [1.82, 2.24) is 9.90 Å². The molecule has 0 radical (unpaired) electrons. The molecular formula is C24H32BrN3. The van der Waals surface area contributed by atoms with Gasteiger partial charge in [-0.2, -0.15) is 0 Å². The van der Waals surface area contributed by atoms with Crippen LogP contribution in [0.1, 0.15) is 62.9 Å². The molecule has 3 nitrogen and oxygen atoms in total. The molecular weight excluding hydrogens is 410 g/mol. The van der Waals surface area contributed by atoms with E-state index in [2.05, 4.69) is 94.0 Å². The molecule has 2 aromatic carbocycles. The van der Waals surface area contributed by atoms with E-state index in [0.29, 0.717) is 0 Å². The van der Waals surface area contributed by atoms with Gasteiger partial charge in [-0.05, 0) is 42.0 Å². The van der Waals surface area contributed by atoms with Crippen molar-refractivity contribution >= 4 is 0 Å². The molecule has 0 amide bonds. The van der Waals surface area contributed by atoms with Gasteiger partial charge in [0.1, 0.15) is 6.54 Å². The zero-order chi connectivity index (χ0) is 19.4. The van der Waals surface area contributed by atoms with Crippen LogP contribution in [0, 0.1) is 6.92 Å². The van der Waals surface area contributed by atoms with Gasteiger partial charge >= 0.3 is 0 Å². The first-order valence-corrected chi connectivity index (χ1v) is 10.0. The van der Waals surface area contributed by atoms with Crippen molar-refractivity contribution in [2.24, 2.45) is 0 Å². The predicted octanol–water partition coefficient (Wildman–Crippen LogP) is 2.16. The highest BCUT2D eigenvalue weighted by atomic mass is 79.9. The van der Waals surface area contributed by atoms with E-state index in [9.17, 15) is 0 Å². The second-order valence-electron chi connectivity index (χ2n) is 8.50. The van der Waals surface area contributed by atoms with Crippen molar-refractivity contribution in [1.29, 1.82) is 0 Å². The molecule has 1 heterocycles. The average Bonchev–Trinajstić information content (AvgIpc) is 3.03. The third kappa shape index (κ3) is 5.54. The average molecular weight is 442 g/mol. The smallest absolute Gasteiger partial charge is 0.168 e. The molecule has 0 aliphatic carbocycles. The van der Waals surface area contributed by atoms with Crippen molar-refractivity contribution in [3.05, 3.63) is 77.1 Å². The predicted molar refractivity (Wildman–Crippen MR) is 111 cm³/mol. The molecule has 0 aliphatic rings. The summed E-state index contributed by atoms with van der Waals surface area (Å²) in [6.07, 6.45) is 5.62. The number of hydrogen-bond acceptors (Lipinski definition) is 1. The molecule has 0 N–H and O–H groups in total. The van der Waals surface area contributed by atoms with E-state index in [4.69, 9.17) is 5.21 Å². The van der Waals surface area contributed by atoms with Crippen LogP contribution in [0.25, 0.3) is 5.69 Å². The lowest BCUT2D eigenvalue weighted by Gasteiger charge is -2.18. The lowest BCUT2D eigenvalue weighted by molar-refractivity contribution is -0.661. The van der Waals surface area contributed by atoms with Crippen LogP contribution in [0.4, 0.5) is 0 Å². The summed E-state index contributed by atoms with van der Waals surface area (Å²) in [4.78, 5) is 0. The highest BCUT2D eigenvalue weighted by Gasteiger charge is 2.18. The normalized spacial score (nSPS) is 11.3. The fraction of sp³-hybridized carbons (Fsp3) is 0.417. The Morgan fingerprint density at radius 3 is 2.18 bits per heavy atom. The monoisotopic (exact) mass is 441 g/mol. The summed E-state index contributed by atoms with van der Waals surface area (Å²) in [6.45, 7) is 11.9. The van der Waals surface area contributed by atoms with Gasteiger partial charge in [-0.3, -0.25) is 0 Å². The highest BCUT2D eigenvalue weighted by Crippen LogP contribution is 2.22. The Morgan fingerprint density at radius 2 is 1.61 bits per heavy atom. The Hall–Kier alpha value is -1.94. The van der Waals surface area contributed by atoms with Crippen LogP contribution in [0.2, 0.25) is 0 Å². The standard InChI is InChI=1S/C24H32N3.BrH/c1-6-7-8-23-18-27(22-15-9-19(2)10-16-22)25-26(23)17-20-11-13-21(14-12-20)24(3,4)5;/h9-16,18H,6-8,17H2,1-5H3;1H/q+1;/p-1. The third-order valence-corrected chi connectivity index (χ3v) is 5.04. The molecule has 0 atom stereocenters. The van der Waals surface area contributed by atoms with Crippen LogP contribution in [-0.2, 0) is 18.4 Å². The summed E-state index contributed by atoms with van der Waals surface area (Å²) in [5.74, 6) is 0. The van der Waals surface area contributed by atoms with Gasteiger partial charge in [0.05, 0.1) is 5.21 Å². The van der Waals surface area contributed by atoms with Crippen LogP contribution in [0.3, 0.4) is 0 Å². The number of halogens is 1. The second kappa shape index (κ2) is 9.51. The SMILES string of the molecule is CCCCc1c[n+](-c2ccc(C)cc2)nn1Cc1ccc(C(C)(C)C)cc1.[Br-]. The summed E-state index contributed by atoms with van der Waals surface area (Å²) in [6, 6.07) is 17.5. The summed E-state index contributed by atoms with van der Waals surface area (Å²) in [5.41, 5.74) is 6.51. The van der Waals surface area contributed by atoms with Gasteiger partial charge in [-0.25, -0.2) is 0 Å². The number of hydrogen-bond donors (Lipinski definition) is 0. The molecule has 4 heteroatoms. The minimum Gasteiger partial charge on any atom is -1.00 e. The molecule has 0 saturated heterocycles. The summed E-state index contributed by atoms with van der Waals surface area (Å²) in [5, 5.41) is 4.86. The van der Waals surface area contributed by atoms with Crippen molar-refractivity contribution in [2.75, 3.05) is 0 Å². The maximum absolute atomic E-state index is 4.86. The molecule has 0 saturated carbocycles. The minimum atomic E-state index is 0. The Morgan fingerprint density at radius 1 is 0.964 bits per heavy atom. The number of unbranched alkanes of at least 4 members (excludes halogenated alkanes) is 1. The van der Waals surface area contributed by atoms with Crippen LogP contribution < -0.4 is 21.7 Å². The Bertz CT molecular complexity index is 872. The van der Waals surface area contributed by atoms with Gasteiger partial charge in [0.15, 0.2) is 17.6 Å². The Kier molecular flexibility index (Phi) is 7.59. The fourth-order valence-electron chi connectivity index (χ4n) is 3.20. The van der Waals surface area contributed by atoms with Crippen molar-refractivity contribution in [2.45, 2.75) is 65.8 Å². The minimum absolute atomic E-state index is 0. The summed E-state index contributed by atoms with van der Waals surface area (Å²) in [7, 11) is 0. The summed E-state index contributed by atoms with van der Waals surface area (Å²) < 4.78 is 4.16. The zero-order valence-electron chi connectivity index (χ0n) is 17.7. The molecule has 0 fully saturated rings. The van der Waals surface area contributed by atoms with Gasteiger partial charge in [-0.1, -0.05) is 76.1 Å². The van der Waals surface area contributed by atoms with Gasteiger partial charge in [0, 0.05) is 6.42 Å². The van der Waals surface area contributed by atoms with Crippen molar-refractivity contribution in [3.63, 3.8) is 0 Å². The molecule has 0 bridgehead atoms. The van der Waals surface area contributed by atoms with Crippen molar-refractivity contribution < 1.29 is 21.7 Å². The second-order valence-corrected chi connectivity index (χ2v) is 8.50. The van der Waals surface area contributed by atoms with Gasteiger partial charge in [-0.15, -0.1) is 9.36 Å².